The Morgan fingerprint density at radius 1 is 1.46 bits per heavy atom. The van der Waals surface area contributed by atoms with E-state index in [-0.39, 0.29) is 0 Å². The Hall–Kier alpha value is -0.180. The second-order valence-electron chi connectivity index (χ2n) is 4.69. The molecule has 0 spiro atoms. The van der Waals surface area contributed by atoms with Crippen LogP contribution in [0.5, 0.6) is 0 Å². The molecule has 0 unspecified atom stereocenters. The molecule has 1 saturated heterocycles. The van der Waals surface area contributed by atoms with E-state index in [4.69, 9.17) is 5.41 Å². The Balaban J connectivity index is 1.95. The topological polar surface area (TPSA) is 27.1 Å². The van der Waals surface area contributed by atoms with Gasteiger partial charge in [0.15, 0.2) is 0 Å². The summed E-state index contributed by atoms with van der Waals surface area (Å²) in [6, 6.07) is 0. The normalized spacial score (nSPS) is 27.4. The molecule has 2 fully saturated rings. The van der Waals surface area contributed by atoms with Crippen molar-refractivity contribution in [2.75, 3.05) is 18.8 Å². The molecule has 0 amide bonds. The Kier molecular flexibility index (Phi) is 2.30. The number of thioether (sulfide) groups is 1. The second-order valence-corrected chi connectivity index (χ2v) is 6.49. The Bertz CT molecular complexity index is 221. The highest BCUT2D eigenvalue weighted by Gasteiger charge is 2.34. The van der Waals surface area contributed by atoms with Crippen LogP contribution in [0.1, 0.15) is 26.7 Å². The molecule has 3 heteroatoms. The van der Waals surface area contributed by atoms with Crippen molar-refractivity contribution in [3.63, 3.8) is 0 Å². The lowest BCUT2D eigenvalue weighted by Gasteiger charge is -2.39. The van der Waals surface area contributed by atoms with Crippen LogP contribution in [0.2, 0.25) is 0 Å². The minimum Gasteiger partial charge on any atom is -0.358 e. The van der Waals surface area contributed by atoms with Gasteiger partial charge in [-0.2, -0.15) is 11.8 Å². The minimum atomic E-state index is 0.347. The maximum absolute atomic E-state index is 7.99. The number of amidine groups is 1. The van der Waals surface area contributed by atoms with Crippen molar-refractivity contribution >= 4 is 17.6 Å². The number of rotatable bonds is 1. The summed E-state index contributed by atoms with van der Waals surface area (Å²) in [5.41, 5.74) is 0. The number of hydrogen-bond donors (Lipinski definition) is 1. The minimum absolute atomic E-state index is 0.347. The van der Waals surface area contributed by atoms with Gasteiger partial charge in [0.05, 0.1) is 5.84 Å². The lowest BCUT2D eigenvalue weighted by molar-refractivity contribution is 0.377. The van der Waals surface area contributed by atoms with E-state index in [9.17, 15) is 0 Å². The molecule has 0 aromatic rings. The third-order valence-electron chi connectivity index (χ3n) is 2.73. The molecule has 1 N–H and O–H groups in total. The van der Waals surface area contributed by atoms with Crippen molar-refractivity contribution in [1.82, 2.24) is 4.90 Å². The van der Waals surface area contributed by atoms with Crippen molar-refractivity contribution in [3.05, 3.63) is 0 Å². The van der Waals surface area contributed by atoms with Crippen molar-refractivity contribution in [3.8, 4) is 0 Å². The standard InChI is InChI=1S/C10H18N2S/c1-10(2)7-12(5-6-13-10)9(11)8-3-4-8/h8,11H,3-7H2,1-2H3. The van der Waals surface area contributed by atoms with Gasteiger partial charge in [-0.15, -0.1) is 0 Å². The van der Waals surface area contributed by atoms with Gasteiger partial charge in [-0.05, 0) is 26.7 Å². The van der Waals surface area contributed by atoms with E-state index in [1.54, 1.807) is 0 Å². The predicted molar refractivity (Wildman–Crippen MR) is 58.6 cm³/mol. The van der Waals surface area contributed by atoms with Crippen LogP contribution >= 0.6 is 11.8 Å². The summed E-state index contributed by atoms with van der Waals surface area (Å²) in [5, 5.41) is 7.99. The first-order valence-corrected chi connectivity index (χ1v) is 6.04. The third-order valence-corrected chi connectivity index (χ3v) is 4.03. The molecule has 13 heavy (non-hydrogen) atoms. The summed E-state index contributed by atoms with van der Waals surface area (Å²) in [6.07, 6.45) is 2.51. The Morgan fingerprint density at radius 3 is 2.69 bits per heavy atom. The molecule has 2 rings (SSSR count). The van der Waals surface area contributed by atoms with E-state index >= 15 is 0 Å². The van der Waals surface area contributed by atoms with Crippen LogP contribution in [0, 0.1) is 11.3 Å². The van der Waals surface area contributed by atoms with Gasteiger partial charge in [0.1, 0.15) is 0 Å². The fourth-order valence-corrected chi connectivity index (χ4v) is 2.95. The summed E-state index contributed by atoms with van der Waals surface area (Å²) >= 11 is 2.04. The quantitative estimate of drug-likeness (QED) is 0.516. The molecule has 1 heterocycles. The monoisotopic (exact) mass is 198 g/mol. The number of nitrogens with zero attached hydrogens (tertiary/aromatic N) is 1. The summed E-state index contributed by atoms with van der Waals surface area (Å²) in [7, 11) is 0. The van der Waals surface area contributed by atoms with Gasteiger partial charge >= 0.3 is 0 Å². The lowest BCUT2D eigenvalue weighted by atomic mass is 10.1. The van der Waals surface area contributed by atoms with Crippen LogP contribution in [-0.4, -0.2) is 34.3 Å². The van der Waals surface area contributed by atoms with E-state index in [1.807, 2.05) is 11.8 Å². The summed E-state index contributed by atoms with van der Waals surface area (Å²) in [5.74, 6) is 2.70. The van der Waals surface area contributed by atoms with Crippen LogP contribution in [0.15, 0.2) is 0 Å². The van der Waals surface area contributed by atoms with Crippen LogP contribution in [0.3, 0.4) is 0 Å². The fourth-order valence-electron chi connectivity index (χ4n) is 1.84. The molecule has 0 atom stereocenters. The third kappa shape index (κ3) is 2.19. The molecule has 1 aliphatic heterocycles. The molecular formula is C10H18N2S. The van der Waals surface area contributed by atoms with Gasteiger partial charge in [-0.1, -0.05) is 0 Å². The van der Waals surface area contributed by atoms with Gasteiger partial charge in [0.25, 0.3) is 0 Å². The van der Waals surface area contributed by atoms with E-state index in [1.165, 1.54) is 18.6 Å². The molecule has 0 radical (unpaired) electrons. The van der Waals surface area contributed by atoms with Crippen LogP contribution < -0.4 is 0 Å². The summed E-state index contributed by atoms with van der Waals surface area (Å²) in [4.78, 5) is 2.29. The zero-order valence-corrected chi connectivity index (χ0v) is 9.28. The highest BCUT2D eigenvalue weighted by Crippen LogP contribution is 2.35. The van der Waals surface area contributed by atoms with E-state index in [0.717, 1.165) is 18.9 Å². The number of nitrogens with one attached hydrogen (secondary N) is 1. The van der Waals surface area contributed by atoms with E-state index in [2.05, 4.69) is 18.7 Å². The Labute approximate surface area is 84.6 Å². The predicted octanol–water partition coefficient (Wildman–Crippen LogP) is 2.20. The molecule has 0 aromatic heterocycles. The smallest absolute Gasteiger partial charge is 0.0990 e. The summed E-state index contributed by atoms with van der Waals surface area (Å²) < 4.78 is 0.347. The second kappa shape index (κ2) is 3.19. The van der Waals surface area contributed by atoms with Crippen LogP contribution in [0.4, 0.5) is 0 Å². The first-order chi connectivity index (χ1) is 6.08. The van der Waals surface area contributed by atoms with Crippen LogP contribution in [0.25, 0.3) is 0 Å². The molecule has 2 nitrogen and oxygen atoms in total. The van der Waals surface area contributed by atoms with Gasteiger partial charge in [-0.25, -0.2) is 0 Å². The molecular weight excluding hydrogens is 180 g/mol. The largest absolute Gasteiger partial charge is 0.358 e. The average molecular weight is 198 g/mol. The summed E-state index contributed by atoms with van der Waals surface area (Å²) in [6.45, 7) is 6.71. The lowest BCUT2D eigenvalue weighted by Crippen LogP contribution is -2.46. The first-order valence-electron chi connectivity index (χ1n) is 5.06. The van der Waals surface area contributed by atoms with E-state index in [0.29, 0.717) is 10.7 Å². The molecule has 0 aromatic carbocycles. The highest BCUT2D eigenvalue weighted by atomic mass is 32.2. The van der Waals surface area contributed by atoms with Gasteiger partial charge in [0.2, 0.25) is 0 Å². The Morgan fingerprint density at radius 2 is 2.15 bits per heavy atom. The molecule has 0 bridgehead atoms. The van der Waals surface area contributed by atoms with Gasteiger partial charge in [0, 0.05) is 29.5 Å². The average Bonchev–Trinajstić information content (AvgIpc) is 2.83. The van der Waals surface area contributed by atoms with Gasteiger partial charge < -0.3 is 4.90 Å². The zero-order valence-electron chi connectivity index (χ0n) is 8.47. The van der Waals surface area contributed by atoms with E-state index < -0.39 is 0 Å². The fraction of sp³-hybridized carbons (Fsp3) is 0.900. The SMILES string of the molecule is CC1(C)CN(C(=N)C2CC2)CCS1. The van der Waals surface area contributed by atoms with Crippen LogP contribution in [-0.2, 0) is 0 Å². The first kappa shape index (κ1) is 9.38. The molecule has 1 aliphatic carbocycles. The molecule has 2 aliphatic rings. The molecule has 1 saturated carbocycles. The van der Waals surface area contributed by atoms with Crippen molar-refractivity contribution in [2.45, 2.75) is 31.4 Å². The van der Waals surface area contributed by atoms with Crippen molar-refractivity contribution in [2.24, 2.45) is 5.92 Å². The number of hydrogen-bond acceptors (Lipinski definition) is 2. The van der Waals surface area contributed by atoms with Crippen molar-refractivity contribution in [1.29, 1.82) is 5.41 Å². The highest BCUT2D eigenvalue weighted by molar-refractivity contribution is 8.00. The molecule has 74 valence electrons. The van der Waals surface area contributed by atoms with Crippen molar-refractivity contribution < 1.29 is 0 Å². The maximum atomic E-state index is 7.99. The maximum Gasteiger partial charge on any atom is 0.0990 e. The zero-order chi connectivity index (χ0) is 9.47. The van der Waals surface area contributed by atoms with Gasteiger partial charge in [-0.3, -0.25) is 5.41 Å².